The Morgan fingerprint density at radius 3 is 2.37 bits per heavy atom. The van der Waals surface area contributed by atoms with Crippen LogP contribution in [0.1, 0.15) is 43.6 Å². The van der Waals surface area contributed by atoms with E-state index in [9.17, 15) is 14.9 Å². The minimum Gasteiger partial charge on any atom is -0.495 e. The maximum Gasteiger partial charge on any atom is 0.311 e. The summed E-state index contributed by atoms with van der Waals surface area (Å²) in [6, 6.07) is 9.71. The molecular formula is C20H24N2O5. The molecule has 2 aromatic rings. The largest absolute Gasteiger partial charge is 0.495 e. The van der Waals surface area contributed by atoms with Gasteiger partial charge in [-0.25, -0.2) is 0 Å². The number of carbonyl (C=O) groups excluding carboxylic acids is 1. The minimum atomic E-state index is -0.567. The Morgan fingerprint density at radius 2 is 1.81 bits per heavy atom. The number of rotatable bonds is 6. The summed E-state index contributed by atoms with van der Waals surface area (Å²) in [5.41, 5.74) is 1.33. The lowest BCUT2D eigenvalue weighted by atomic mass is 9.87. The number of amides is 1. The second-order valence-corrected chi connectivity index (χ2v) is 6.99. The number of hydrogen-bond acceptors (Lipinski definition) is 5. The third kappa shape index (κ3) is 4.75. The smallest absolute Gasteiger partial charge is 0.311 e. The van der Waals surface area contributed by atoms with Crippen molar-refractivity contribution in [3.8, 4) is 11.5 Å². The molecule has 7 heteroatoms. The van der Waals surface area contributed by atoms with Gasteiger partial charge in [0.15, 0.2) is 5.75 Å². The first-order valence-corrected chi connectivity index (χ1v) is 8.58. The molecular weight excluding hydrogens is 348 g/mol. The Kier molecular flexibility index (Phi) is 6.05. The molecule has 0 aromatic heterocycles. The monoisotopic (exact) mass is 372 g/mol. The maximum atomic E-state index is 12.7. The molecule has 0 heterocycles. The van der Waals surface area contributed by atoms with E-state index in [0.717, 1.165) is 5.56 Å². The highest BCUT2D eigenvalue weighted by Crippen LogP contribution is 2.32. The fourth-order valence-corrected chi connectivity index (χ4v) is 2.55. The Balaban J connectivity index is 2.37. The van der Waals surface area contributed by atoms with Crippen LogP contribution >= 0.6 is 0 Å². The number of nitro benzene ring substituents is 1. The number of hydrogen-bond donors (Lipinski definition) is 1. The number of ether oxygens (including phenoxy) is 2. The first kappa shape index (κ1) is 20.2. The summed E-state index contributed by atoms with van der Waals surface area (Å²) in [7, 11) is 1.52. The predicted molar refractivity (Wildman–Crippen MR) is 104 cm³/mol. The molecule has 0 radical (unpaired) electrons. The van der Waals surface area contributed by atoms with Gasteiger partial charge < -0.3 is 14.8 Å². The molecule has 0 bridgehead atoms. The normalized spacial score (nSPS) is 11.0. The van der Waals surface area contributed by atoms with Crippen LogP contribution in [-0.2, 0) is 5.41 Å². The van der Waals surface area contributed by atoms with E-state index in [2.05, 4.69) is 26.1 Å². The van der Waals surface area contributed by atoms with Crippen LogP contribution < -0.4 is 14.8 Å². The van der Waals surface area contributed by atoms with Crippen molar-refractivity contribution in [2.45, 2.75) is 33.1 Å². The van der Waals surface area contributed by atoms with Gasteiger partial charge in [-0.1, -0.05) is 26.8 Å². The fourth-order valence-electron chi connectivity index (χ4n) is 2.55. The number of anilines is 1. The van der Waals surface area contributed by atoms with E-state index in [1.54, 1.807) is 13.0 Å². The van der Waals surface area contributed by atoms with Gasteiger partial charge in [0.05, 0.1) is 24.3 Å². The Hall–Kier alpha value is -3.09. The molecule has 2 rings (SSSR count). The lowest BCUT2D eigenvalue weighted by Gasteiger charge is -2.21. The van der Waals surface area contributed by atoms with Crippen molar-refractivity contribution in [1.29, 1.82) is 0 Å². The van der Waals surface area contributed by atoms with E-state index in [4.69, 9.17) is 9.47 Å². The number of nitrogens with zero attached hydrogens (tertiary/aromatic N) is 1. The second-order valence-electron chi connectivity index (χ2n) is 6.99. The van der Waals surface area contributed by atoms with Gasteiger partial charge in [-0.2, -0.15) is 0 Å². The van der Waals surface area contributed by atoms with Crippen LogP contribution in [0.2, 0.25) is 0 Å². The highest BCUT2D eigenvalue weighted by atomic mass is 16.6. The van der Waals surface area contributed by atoms with Gasteiger partial charge in [0.2, 0.25) is 0 Å². The Bertz CT molecular complexity index is 856. The summed E-state index contributed by atoms with van der Waals surface area (Å²) >= 11 is 0. The first-order valence-electron chi connectivity index (χ1n) is 8.58. The zero-order valence-corrected chi connectivity index (χ0v) is 16.2. The summed E-state index contributed by atoms with van der Waals surface area (Å²) in [4.78, 5) is 23.3. The third-order valence-electron chi connectivity index (χ3n) is 4.03. The third-order valence-corrected chi connectivity index (χ3v) is 4.03. The molecule has 27 heavy (non-hydrogen) atoms. The summed E-state index contributed by atoms with van der Waals surface area (Å²) in [6.07, 6.45) is 0. The first-order chi connectivity index (χ1) is 12.7. The van der Waals surface area contributed by atoms with Crippen molar-refractivity contribution in [3.05, 3.63) is 57.6 Å². The average molecular weight is 372 g/mol. The zero-order valence-electron chi connectivity index (χ0n) is 16.2. The van der Waals surface area contributed by atoms with Crippen LogP contribution in [0.15, 0.2) is 36.4 Å². The minimum absolute atomic E-state index is 0.107. The molecule has 0 aliphatic carbocycles. The van der Waals surface area contributed by atoms with Crippen molar-refractivity contribution >= 4 is 17.3 Å². The standard InChI is InChI=1S/C20H24N2O5/c1-6-27-18-9-7-13(11-16(18)22(24)25)19(23)21-15-12-14(20(2,3)4)8-10-17(15)26-5/h7-12H,6H2,1-5H3,(H,21,23). The average Bonchev–Trinajstić information content (AvgIpc) is 2.61. The van der Waals surface area contributed by atoms with E-state index in [1.165, 1.54) is 25.3 Å². The molecule has 7 nitrogen and oxygen atoms in total. The van der Waals surface area contributed by atoms with Crippen LogP contribution in [0.5, 0.6) is 11.5 Å². The lowest BCUT2D eigenvalue weighted by Crippen LogP contribution is -2.16. The molecule has 144 valence electrons. The van der Waals surface area contributed by atoms with Gasteiger partial charge in [-0.05, 0) is 42.2 Å². The topological polar surface area (TPSA) is 90.7 Å². The molecule has 0 saturated carbocycles. The molecule has 2 aromatic carbocycles. The van der Waals surface area contributed by atoms with Crippen LogP contribution in [-0.4, -0.2) is 24.5 Å². The molecule has 0 aliphatic rings. The van der Waals surface area contributed by atoms with E-state index < -0.39 is 10.8 Å². The Labute approximate surface area is 158 Å². The highest BCUT2D eigenvalue weighted by molar-refractivity contribution is 6.05. The van der Waals surface area contributed by atoms with E-state index in [-0.39, 0.29) is 22.4 Å². The number of nitrogens with one attached hydrogen (secondary N) is 1. The molecule has 0 unspecified atom stereocenters. The van der Waals surface area contributed by atoms with Gasteiger partial charge in [0.1, 0.15) is 5.75 Å². The van der Waals surface area contributed by atoms with Crippen LogP contribution in [0.3, 0.4) is 0 Å². The highest BCUT2D eigenvalue weighted by Gasteiger charge is 2.21. The number of methoxy groups -OCH3 is 1. The van der Waals surface area contributed by atoms with Crippen LogP contribution in [0.4, 0.5) is 11.4 Å². The Morgan fingerprint density at radius 1 is 1.15 bits per heavy atom. The van der Waals surface area contributed by atoms with Gasteiger partial charge in [-0.3, -0.25) is 14.9 Å². The number of nitro groups is 1. The molecule has 1 N–H and O–H groups in total. The molecule has 0 fully saturated rings. The predicted octanol–water partition coefficient (Wildman–Crippen LogP) is 4.55. The van der Waals surface area contributed by atoms with Crippen molar-refractivity contribution in [1.82, 2.24) is 0 Å². The van der Waals surface area contributed by atoms with Crippen molar-refractivity contribution < 1.29 is 19.2 Å². The van der Waals surface area contributed by atoms with Gasteiger partial charge in [0, 0.05) is 11.6 Å². The molecule has 0 saturated heterocycles. The van der Waals surface area contributed by atoms with Crippen molar-refractivity contribution in [3.63, 3.8) is 0 Å². The molecule has 0 spiro atoms. The zero-order chi connectivity index (χ0) is 20.2. The number of carbonyl (C=O) groups is 1. The number of benzene rings is 2. The van der Waals surface area contributed by atoms with Gasteiger partial charge in [0.25, 0.3) is 5.91 Å². The van der Waals surface area contributed by atoms with Crippen LogP contribution in [0.25, 0.3) is 0 Å². The lowest BCUT2D eigenvalue weighted by molar-refractivity contribution is -0.385. The summed E-state index contributed by atoms with van der Waals surface area (Å²) in [6.45, 7) is 8.23. The summed E-state index contributed by atoms with van der Waals surface area (Å²) < 4.78 is 10.6. The molecule has 0 atom stereocenters. The SMILES string of the molecule is CCOc1ccc(C(=O)Nc2cc(C(C)(C)C)ccc2OC)cc1[N+](=O)[O-]. The van der Waals surface area contributed by atoms with Crippen molar-refractivity contribution in [2.75, 3.05) is 19.0 Å². The van der Waals surface area contributed by atoms with Crippen LogP contribution in [0, 0.1) is 10.1 Å². The quantitative estimate of drug-likeness (QED) is 0.593. The van der Waals surface area contributed by atoms with E-state index in [1.807, 2.05) is 12.1 Å². The summed E-state index contributed by atoms with van der Waals surface area (Å²) in [5, 5.41) is 14.0. The fraction of sp³-hybridized carbons (Fsp3) is 0.350. The molecule has 0 aliphatic heterocycles. The molecule has 1 amide bonds. The van der Waals surface area contributed by atoms with E-state index >= 15 is 0 Å². The van der Waals surface area contributed by atoms with Crippen molar-refractivity contribution in [2.24, 2.45) is 0 Å². The summed E-state index contributed by atoms with van der Waals surface area (Å²) in [5.74, 6) is 0.175. The van der Waals surface area contributed by atoms with E-state index in [0.29, 0.717) is 18.0 Å². The maximum absolute atomic E-state index is 12.7. The van der Waals surface area contributed by atoms with Gasteiger partial charge >= 0.3 is 5.69 Å². The second kappa shape index (κ2) is 8.07. The van der Waals surface area contributed by atoms with Gasteiger partial charge in [-0.15, -0.1) is 0 Å².